The molecule has 0 aliphatic heterocycles. The minimum Gasteiger partial charge on any atom is -0.455 e. The van der Waals surface area contributed by atoms with Crippen molar-refractivity contribution in [2.24, 2.45) is 0 Å². The van der Waals surface area contributed by atoms with Crippen molar-refractivity contribution in [2.75, 3.05) is 24.7 Å². The summed E-state index contributed by atoms with van der Waals surface area (Å²) in [5.74, 6) is -0.724. The van der Waals surface area contributed by atoms with Crippen molar-refractivity contribution >= 4 is 43.8 Å². The molecule has 0 aliphatic carbocycles. The average Bonchev–Trinajstić information content (AvgIpc) is 3.57. The summed E-state index contributed by atoms with van der Waals surface area (Å²) in [7, 11) is -0.923. The summed E-state index contributed by atoms with van der Waals surface area (Å²) in [6.45, 7) is 0. The minimum atomic E-state index is -3.76. The Bertz CT molecular complexity index is 2150. The van der Waals surface area contributed by atoms with Gasteiger partial charge in [0.25, 0.3) is 11.5 Å². The molecule has 1 amide bonds. The molecule has 42 heavy (non-hydrogen) atoms. The Morgan fingerprint density at radius 1 is 1.02 bits per heavy atom. The first kappa shape index (κ1) is 26.9. The summed E-state index contributed by atoms with van der Waals surface area (Å²) in [6, 6.07) is 13.4. The van der Waals surface area contributed by atoms with Crippen molar-refractivity contribution < 1.29 is 26.4 Å². The van der Waals surface area contributed by atoms with E-state index in [1.54, 1.807) is 24.4 Å². The summed E-state index contributed by atoms with van der Waals surface area (Å²) in [6.07, 6.45) is 4.02. The monoisotopic (exact) mass is 587 g/mol. The molecule has 2 N–H and O–H groups in total. The lowest BCUT2D eigenvalue weighted by atomic mass is 9.98. The number of carbonyl (C=O) groups is 1. The van der Waals surface area contributed by atoms with Gasteiger partial charge < -0.3 is 19.1 Å². The zero-order chi connectivity index (χ0) is 29.8. The number of fused-ring (bicyclic) bond motifs is 2. The van der Waals surface area contributed by atoms with Gasteiger partial charge in [-0.2, -0.15) is 4.98 Å². The first-order valence-corrected chi connectivity index (χ1v) is 14.4. The molecule has 0 fully saturated rings. The molecule has 13 heteroatoms. The Hall–Kier alpha value is -5.30. The van der Waals surface area contributed by atoms with E-state index in [1.165, 1.54) is 56.7 Å². The number of anilines is 1. The van der Waals surface area contributed by atoms with Gasteiger partial charge in [-0.15, -0.1) is 0 Å². The summed E-state index contributed by atoms with van der Waals surface area (Å²) in [5, 5.41) is 2.97. The molecule has 2 aromatic carbocycles. The lowest BCUT2D eigenvalue weighted by Crippen LogP contribution is -2.25. The number of amides is 1. The molecule has 0 saturated heterocycles. The second-order valence-corrected chi connectivity index (χ2v) is 11.5. The quantitative estimate of drug-likeness (QED) is 0.288. The van der Waals surface area contributed by atoms with E-state index < -0.39 is 27.3 Å². The Balaban J connectivity index is 1.63. The van der Waals surface area contributed by atoms with Crippen molar-refractivity contribution in [3.05, 3.63) is 88.7 Å². The summed E-state index contributed by atoms with van der Waals surface area (Å²) in [5.41, 5.74) is 2.11. The fourth-order valence-electron chi connectivity index (χ4n) is 4.64. The van der Waals surface area contributed by atoms with Crippen LogP contribution in [0.4, 0.5) is 10.1 Å². The summed E-state index contributed by atoms with van der Waals surface area (Å²) < 4.78 is 51.9. The number of furan rings is 1. The van der Waals surface area contributed by atoms with Gasteiger partial charge in [0.05, 0.1) is 17.5 Å². The zero-order valence-electron chi connectivity index (χ0n) is 22.4. The molecule has 0 aliphatic rings. The third-order valence-electron chi connectivity index (χ3n) is 6.81. The third-order valence-corrected chi connectivity index (χ3v) is 8.00. The smallest absolute Gasteiger partial charge is 0.260 e. The van der Waals surface area contributed by atoms with Gasteiger partial charge in [0.2, 0.25) is 15.9 Å². The van der Waals surface area contributed by atoms with Crippen molar-refractivity contribution in [1.29, 1.82) is 0 Å². The standard InChI is InChI=1S/C29H22FN5O6S/c1-31-28(37)24-19-12-18(16-11-20(27(36)33-14-16)29-34-26-22(41-29)5-4-10-32-26)21(35(2)42(3,38)39)13-23(19)40-25(24)15-6-8-17(30)9-7-15/h4-14H,1-3H3,(H,31,37)(H,33,36). The van der Waals surface area contributed by atoms with Crippen LogP contribution in [0.2, 0.25) is 0 Å². The zero-order valence-corrected chi connectivity index (χ0v) is 23.2. The second-order valence-electron chi connectivity index (χ2n) is 9.46. The second kappa shape index (κ2) is 9.96. The number of pyridine rings is 2. The molecule has 212 valence electrons. The Labute approximate surface area is 237 Å². The first-order valence-electron chi connectivity index (χ1n) is 12.5. The van der Waals surface area contributed by atoms with Crippen LogP contribution in [0.3, 0.4) is 0 Å². The number of H-pyrrole nitrogens is 1. The van der Waals surface area contributed by atoms with Crippen LogP contribution >= 0.6 is 0 Å². The molecule has 11 nitrogen and oxygen atoms in total. The molecule has 0 unspecified atom stereocenters. The van der Waals surface area contributed by atoms with Crippen molar-refractivity contribution in [3.63, 3.8) is 0 Å². The number of nitrogens with zero attached hydrogens (tertiary/aromatic N) is 3. The maximum absolute atomic E-state index is 13.7. The SMILES string of the molecule is CNC(=O)c1c(-c2ccc(F)cc2)oc2cc(N(C)S(C)(=O)=O)c(-c3c[nH]c(=O)c(-c4nc5ncccc5o4)c3)cc12. The number of hydrogen-bond donors (Lipinski definition) is 2. The number of oxazole rings is 1. The maximum atomic E-state index is 13.7. The highest BCUT2D eigenvalue weighted by atomic mass is 32.2. The van der Waals surface area contributed by atoms with Crippen LogP contribution in [0.15, 0.2) is 80.6 Å². The highest BCUT2D eigenvalue weighted by Crippen LogP contribution is 2.41. The number of aromatic amines is 1. The number of halogens is 1. The molecule has 0 radical (unpaired) electrons. The van der Waals surface area contributed by atoms with Crippen molar-refractivity contribution in [1.82, 2.24) is 20.3 Å². The fourth-order valence-corrected chi connectivity index (χ4v) is 5.15. The van der Waals surface area contributed by atoms with E-state index in [9.17, 15) is 22.4 Å². The number of sulfonamides is 1. The minimum absolute atomic E-state index is 0.0267. The third kappa shape index (κ3) is 4.59. The summed E-state index contributed by atoms with van der Waals surface area (Å²) in [4.78, 5) is 37.1. The van der Waals surface area contributed by atoms with Gasteiger partial charge in [0.15, 0.2) is 11.2 Å². The fraction of sp³-hybridized carbons (Fsp3) is 0.103. The molecule has 0 spiro atoms. The molecular weight excluding hydrogens is 565 g/mol. The van der Waals surface area contributed by atoms with E-state index in [0.717, 1.165) is 10.6 Å². The Morgan fingerprint density at radius 3 is 2.48 bits per heavy atom. The van der Waals surface area contributed by atoms with E-state index in [2.05, 4.69) is 20.3 Å². The van der Waals surface area contributed by atoms with Gasteiger partial charge >= 0.3 is 0 Å². The molecule has 0 atom stereocenters. The van der Waals surface area contributed by atoms with Crippen LogP contribution in [0, 0.1) is 5.82 Å². The van der Waals surface area contributed by atoms with Crippen molar-refractivity contribution in [2.45, 2.75) is 0 Å². The van der Waals surface area contributed by atoms with Gasteiger partial charge in [0, 0.05) is 54.6 Å². The van der Waals surface area contributed by atoms with Gasteiger partial charge in [-0.25, -0.2) is 17.8 Å². The highest BCUT2D eigenvalue weighted by Gasteiger charge is 2.26. The van der Waals surface area contributed by atoms with Gasteiger partial charge in [-0.1, -0.05) is 0 Å². The van der Waals surface area contributed by atoms with Crippen LogP contribution in [0.5, 0.6) is 0 Å². The average molecular weight is 588 g/mol. The van der Waals surface area contributed by atoms with E-state index in [-0.39, 0.29) is 34.0 Å². The lowest BCUT2D eigenvalue weighted by molar-refractivity contribution is 0.0964. The largest absolute Gasteiger partial charge is 0.455 e. The van der Waals surface area contributed by atoms with Crippen LogP contribution in [-0.4, -0.2) is 49.6 Å². The van der Waals surface area contributed by atoms with Gasteiger partial charge in [-0.05, 0) is 48.5 Å². The maximum Gasteiger partial charge on any atom is 0.260 e. The molecule has 6 rings (SSSR count). The Morgan fingerprint density at radius 2 is 1.79 bits per heavy atom. The Kier molecular flexibility index (Phi) is 6.38. The molecular formula is C29H22FN5O6S. The van der Waals surface area contributed by atoms with Gasteiger partial charge in [-0.3, -0.25) is 13.9 Å². The van der Waals surface area contributed by atoms with E-state index >= 15 is 0 Å². The number of aromatic nitrogens is 3. The molecule has 6 aromatic rings. The van der Waals surface area contributed by atoms with E-state index in [4.69, 9.17) is 8.83 Å². The highest BCUT2D eigenvalue weighted by molar-refractivity contribution is 7.92. The molecule has 4 heterocycles. The van der Waals surface area contributed by atoms with Gasteiger partial charge in [0.1, 0.15) is 22.7 Å². The first-order chi connectivity index (χ1) is 20.0. The normalized spacial score (nSPS) is 11.7. The number of carbonyl (C=O) groups excluding carboxylic acids is 1. The predicted molar refractivity (Wildman–Crippen MR) is 155 cm³/mol. The van der Waals surface area contributed by atoms with E-state index in [0.29, 0.717) is 33.3 Å². The van der Waals surface area contributed by atoms with Crippen LogP contribution in [0.25, 0.3) is 56.1 Å². The lowest BCUT2D eigenvalue weighted by Gasteiger charge is -2.20. The molecule has 0 saturated carbocycles. The number of hydrogen-bond acceptors (Lipinski definition) is 8. The summed E-state index contributed by atoms with van der Waals surface area (Å²) >= 11 is 0. The van der Waals surface area contributed by atoms with Crippen LogP contribution in [0.1, 0.15) is 10.4 Å². The topological polar surface area (TPSA) is 151 Å². The molecule has 4 aromatic heterocycles. The number of nitrogens with one attached hydrogen (secondary N) is 2. The number of rotatable bonds is 6. The predicted octanol–water partition coefficient (Wildman–Crippen LogP) is 4.55. The van der Waals surface area contributed by atoms with Crippen LogP contribution < -0.4 is 15.2 Å². The number of benzene rings is 2. The van der Waals surface area contributed by atoms with E-state index in [1.807, 2.05) is 0 Å². The van der Waals surface area contributed by atoms with Crippen LogP contribution in [-0.2, 0) is 10.0 Å². The van der Waals surface area contributed by atoms with Crippen molar-refractivity contribution in [3.8, 4) is 33.9 Å². The molecule has 0 bridgehead atoms.